The maximum atomic E-state index is 12.9. The number of aromatic nitrogens is 2. The van der Waals surface area contributed by atoms with E-state index in [2.05, 4.69) is 20.2 Å². The Bertz CT molecular complexity index is 954. The molecule has 0 spiro atoms. The van der Waals surface area contributed by atoms with Gasteiger partial charge in [-0.3, -0.25) is 9.78 Å². The summed E-state index contributed by atoms with van der Waals surface area (Å²) in [6.45, 7) is 2.84. The lowest BCUT2D eigenvalue weighted by atomic mass is 10.2. The average molecular weight is 389 g/mol. The van der Waals surface area contributed by atoms with Crippen LogP contribution in [0.25, 0.3) is 0 Å². The molecular weight excluding hydrogens is 366 g/mol. The van der Waals surface area contributed by atoms with Gasteiger partial charge in [0.2, 0.25) is 0 Å². The van der Waals surface area contributed by atoms with Crippen molar-refractivity contribution in [1.29, 1.82) is 0 Å². The van der Waals surface area contributed by atoms with Crippen LogP contribution in [0.1, 0.15) is 10.4 Å². The Hall–Kier alpha value is -3.61. The van der Waals surface area contributed by atoms with E-state index in [-0.39, 0.29) is 5.91 Å². The molecule has 0 bridgehead atoms. The van der Waals surface area contributed by atoms with E-state index in [9.17, 15) is 4.79 Å². The highest BCUT2D eigenvalue weighted by Gasteiger charge is 2.23. The van der Waals surface area contributed by atoms with Gasteiger partial charge >= 0.3 is 0 Å². The van der Waals surface area contributed by atoms with Crippen molar-refractivity contribution in [2.75, 3.05) is 43.5 Å². The number of hydrogen-bond acceptors (Lipinski definition) is 6. The van der Waals surface area contributed by atoms with Crippen LogP contribution in [0.15, 0.2) is 67.1 Å². The van der Waals surface area contributed by atoms with E-state index in [1.54, 1.807) is 25.7 Å². The van der Waals surface area contributed by atoms with Crippen molar-refractivity contribution < 1.29 is 9.53 Å². The van der Waals surface area contributed by atoms with Gasteiger partial charge in [0.25, 0.3) is 5.91 Å². The second-order valence-corrected chi connectivity index (χ2v) is 6.78. The van der Waals surface area contributed by atoms with Crippen LogP contribution in [0.4, 0.5) is 17.2 Å². The summed E-state index contributed by atoms with van der Waals surface area (Å²) in [7, 11) is 1.64. The van der Waals surface area contributed by atoms with Gasteiger partial charge in [-0.05, 0) is 42.5 Å². The molecule has 0 radical (unpaired) electrons. The lowest BCUT2D eigenvalue weighted by Crippen LogP contribution is -2.49. The number of piperazine rings is 1. The fourth-order valence-corrected chi connectivity index (χ4v) is 3.33. The number of nitrogens with zero attached hydrogens (tertiary/aromatic N) is 4. The maximum absolute atomic E-state index is 12.9. The second kappa shape index (κ2) is 8.60. The zero-order valence-corrected chi connectivity index (χ0v) is 16.3. The van der Waals surface area contributed by atoms with Crippen molar-refractivity contribution >= 4 is 23.1 Å². The van der Waals surface area contributed by atoms with Crippen molar-refractivity contribution in [3.05, 3.63) is 72.7 Å². The number of hydrogen-bond donors (Lipinski definition) is 1. The molecule has 1 saturated heterocycles. The maximum Gasteiger partial charge on any atom is 0.255 e. The van der Waals surface area contributed by atoms with Gasteiger partial charge in [0, 0.05) is 44.3 Å². The van der Waals surface area contributed by atoms with Crippen LogP contribution >= 0.6 is 0 Å². The lowest BCUT2D eigenvalue weighted by molar-refractivity contribution is 0.0746. The average Bonchev–Trinajstić information content (AvgIpc) is 2.80. The number of carbonyl (C=O) groups is 1. The van der Waals surface area contributed by atoms with E-state index in [1.807, 2.05) is 53.4 Å². The molecule has 2 aromatic heterocycles. The molecule has 1 N–H and O–H groups in total. The molecule has 29 heavy (non-hydrogen) atoms. The predicted molar refractivity (Wildman–Crippen MR) is 113 cm³/mol. The molecule has 1 aliphatic rings. The molecule has 3 aromatic rings. The summed E-state index contributed by atoms with van der Waals surface area (Å²) in [6.07, 6.45) is 5.12. The van der Waals surface area contributed by atoms with Crippen molar-refractivity contribution in [2.45, 2.75) is 0 Å². The number of ether oxygens (including phenoxy) is 1. The first-order chi connectivity index (χ1) is 14.2. The minimum absolute atomic E-state index is 0.00319. The van der Waals surface area contributed by atoms with Gasteiger partial charge in [0.1, 0.15) is 11.6 Å². The van der Waals surface area contributed by atoms with Gasteiger partial charge < -0.3 is 19.9 Å². The molecule has 1 fully saturated rings. The molecule has 7 heteroatoms. The van der Waals surface area contributed by atoms with Crippen LogP contribution in [0.5, 0.6) is 5.75 Å². The lowest BCUT2D eigenvalue weighted by Gasteiger charge is -2.35. The van der Waals surface area contributed by atoms with Crippen LogP contribution in [-0.4, -0.2) is 54.1 Å². The van der Waals surface area contributed by atoms with Crippen molar-refractivity contribution in [3.8, 4) is 5.75 Å². The predicted octanol–water partition coefficient (Wildman–Crippen LogP) is 3.19. The van der Waals surface area contributed by atoms with Gasteiger partial charge in [-0.25, -0.2) is 4.98 Å². The normalized spacial score (nSPS) is 13.8. The van der Waals surface area contributed by atoms with Crippen LogP contribution in [0, 0.1) is 0 Å². The zero-order valence-electron chi connectivity index (χ0n) is 16.3. The molecule has 3 heterocycles. The molecule has 1 aliphatic heterocycles. The number of amides is 1. The summed E-state index contributed by atoms with van der Waals surface area (Å²) in [6, 6.07) is 15.3. The van der Waals surface area contributed by atoms with Crippen LogP contribution in [0.3, 0.4) is 0 Å². The summed E-state index contributed by atoms with van der Waals surface area (Å²) >= 11 is 0. The minimum Gasteiger partial charge on any atom is -0.497 e. The Morgan fingerprint density at radius 3 is 2.48 bits per heavy atom. The first kappa shape index (κ1) is 18.7. The minimum atomic E-state index is -0.00319. The number of rotatable bonds is 5. The molecule has 7 nitrogen and oxygen atoms in total. The van der Waals surface area contributed by atoms with Crippen molar-refractivity contribution in [2.24, 2.45) is 0 Å². The summed E-state index contributed by atoms with van der Waals surface area (Å²) in [5.41, 5.74) is 2.25. The highest BCUT2D eigenvalue weighted by atomic mass is 16.5. The van der Waals surface area contributed by atoms with E-state index in [0.717, 1.165) is 36.0 Å². The van der Waals surface area contributed by atoms with E-state index in [4.69, 9.17) is 4.74 Å². The Kier molecular flexibility index (Phi) is 5.56. The summed E-state index contributed by atoms with van der Waals surface area (Å²) in [4.78, 5) is 25.6. The van der Waals surface area contributed by atoms with Gasteiger partial charge in [-0.15, -0.1) is 0 Å². The molecule has 1 amide bonds. The number of anilines is 3. The molecule has 0 unspecified atom stereocenters. The third kappa shape index (κ3) is 4.45. The van der Waals surface area contributed by atoms with Gasteiger partial charge in [-0.2, -0.15) is 0 Å². The number of nitrogens with one attached hydrogen (secondary N) is 1. The smallest absolute Gasteiger partial charge is 0.255 e. The van der Waals surface area contributed by atoms with E-state index >= 15 is 0 Å². The topological polar surface area (TPSA) is 70.6 Å². The third-order valence-corrected chi connectivity index (χ3v) is 4.90. The number of carbonyl (C=O) groups excluding carboxylic acids is 1. The molecular formula is C22H23N5O2. The van der Waals surface area contributed by atoms with Gasteiger partial charge in [0.05, 0.1) is 24.6 Å². The highest BCUT2D eigenvalue weighted by molar-refractivity contribution is 5.95. The molecule has 1 aromatic carbocycles. The molecule has 0 atom stereocenters. The van der Waals surface area contributed by atoms with Crippen LogP contribution in [0.2, 0.25) is 0 Å². The Labute approximate surface area is 170 Å². The van der Waals surface area contributed by atoms with Crippen molar-refractivity contribution in [1.82, 2.24) is 14.9 Å². The monoisotopic (exact) mass is 389 g/mol. The van der Waals surface area contributed by atoms with Crippen LogP contribution in [-0.2, 0) is 0 Å². The van der Waals surface area contributed by atoms with E-state index < -0.39 is 0 Å². The fourth-order valence-electron chi connectivity index (χ4n) is 3.33. The Balaban J connectivity index is 1.39. The molecule has 4 rings (SSSR count). The van der Waals surface area contributed by atoms with Gasteiger partial charge in [0.15, 0.2) is 0 Å². The molecule has 0 aliphatic carbocycles. The summed E-state index contributed by atoms with van der Waals surface area (Å²) in [5.74, 6) is 1.74. The van der Waals surface area contributed by atoms with E-state index in [1.165, 1.54) is 0 Å². The number of methoxy groups -OCH3 is 1. The first-order valence-corrected chi connectivity index (χ1v) is 9.54. The largest absolute Gasteiger partial charge is 0.497 e. The Morgan fingerprint density at radius 2 is 1.79 bits per heavy atom. The van der Waals surface area contributed by atoms with Gasteiger partial charge in [-0.1, -0.05) is 6.07 Å². The SMILES string of the molecule is COc1ccc(Nc2cncc(C(=O)N3CCN(c4ccccn4)CC3)c2)cc1. The summed E-state index contributed by atoms with van der Waals surface area (Å²) in [5, 5.41) is 3.28. The first-order valence-electron chi connectivity index (χ1n) is 9.54. The summed E-state index contributed by atoms with van der Waals surface area (Å²) < 4.78 is 5.18. The quantitative estimate of drug-likeness (QED) is 0.723. The standard InChI is InChI=1S/C22H23N5O2/c1-29-20-7-5-18(6-8-20)25-19-14-17(15-23-16-19)22(28)27-12-10-26(11-13-27)21-4-2-3-9-24-21/h2-9,14-16,25H,10-13H2,1H3. The van der Waals surface area contributed by atoms with Crippen molar-refractivity contribution in [3.63, 3.8) is 0 Å². The third-order valence-electron chi connectivity index (χ3n) is 4.90. The van der Waals surface area contributed by atoms with Crippen LogP contribution < -0.4 is 15.0 Å². The fraction of sp³-hybridized carbons (Fsp3) is 0.227. The van der Waals surface area contributed by atoms with E-state index in [0.29, 0.717) is 18.7 Å². The molecule has 0 saturated carbocycles. The number of pyridine rings is 2. The number of benzene rings is 1. The second-order valence-electron chi connectivity index (χ2n) is 6.78. The zero-order chi connectivity index (χ0) is 20.1. The Morgan fingerprint density at radius 1 is 1.00 bits per heavy atom. The molecule has 148 valence electrons. The highest BCUT2D eigenvalue weighted by Crippen LogP contribution is 2.21.